The Balaban J connectivity index is 2.02. The predicted octanol–water partition coefficient (Wildman–Crippen LogP) is 0.486. The van der Waals surface area contributed by atoms with Crippen LogP contribution in [0.25, 0.3) is 22.6 Å². The molecule has 0 atom stereocenters. The molecule has 0 amide bonds. The molecule has 0 aliphatic rings. The van der Waals surface area contributed by atoms with Gasteiger partial charge in [-0.1, -0.05) is 5.21 Å². The molecular formula is C11H12N6O. The number of aromatic nitrogens is 5. The van der Waals surface area contributed by atoms with Gasteiger partial charge in [-0.05, 0) is 12.1 Å². The zero-order valence-corrected chi connectivity index (χ0v) is 9.54. The third-order valence-electron chi connectivity index (χ3n) is 2.60. The van der Waals surface area contributed by atoms with Gasteiger partial charge in [0.1, 0.15) is 11.4 Å². The van der Waals surface area contributed by atoms with Gasteiger partial charge >= 0.3 is 0 Å². The van der Waals surface area contributed by atoms with E-state index < -0.39 is 0 Å². The van der Waals surface area contributed by atoms with Crippen LogP contribution in [0.15, 0.2) is 24.4 Å². The number of nitrogens with one attached hydrogen (secondary N) is 1. The van der Waals surface area contributed by atoms with Crippen molar-refractivity contribution in [1.82, 2.24) is 25.0 Å². The molecule has 0 aliphatic heterocycles. The van der Waals surface area contributed by atoms with Crippen LogP contribution >= 0.6 is 0 Å². The number of rotatable bonds is 3. The minimum absolute atomic E-state index is 0.199. The molecule has 0 saturated carbocycles. The van der Waals surface area contributed by atoms with Gasteiger partial charge in [0.15, 0.2) is 5.82 Å². The van der Waals surface area contributed by atoms with Gasteiger partial charge < -0.3 is 15.8 Å². The standard InChI is InChI=1S/C11H12N6O/c12-3-4-17-6-10(15-16-17)11-13-8-2-1-7(18)5-9(8)14-11/h1-2,5-6,18H,3-4,12H2,(H,13,14). The molecule has 4 N–H and O–H groups in total. The van der Waals surface area contributed by atoms with Crippen LogP contribution in [0.4, 0.5) is 0 Å². The Morgan fingerprint density at radius 2 is 2.28 bits per heavy atom. The fraction of sp³-hybridized carbons (Fsp3) is 0.182. The number of phenols is 1. The number of nitrogens with two attached hydrogens (primary N) is 1. The van der Waals surface area contributed by atoms with Crippen LogP contribution in [0.3, 0.4) is 0 Å². The maximum Gasteiger partial charge on any atom is 0.160 e. The summed E-state index contributed by atoms with van der Waals surface area (Å²) < 4.78 is 1.67. The molecule has 3 rings (SSSR count). The van der Waals surface area contributed by atoms with E-state index in [4.69, 9.17) is 5.73 Å². The molecule has 0 unspecified atom stereocenters. The third kappa shape index (κ3) is 1.80. The van der Waals surface area contributed by atoms with E-state index in [1.807, 2.05) is 0 Å². The first-order chi connectivity index (χ1) is 8.76. The molecule has 3 aromatic rings. The summed E-state index contributed by atoms with van der Waals surface area (Å²) >= 11 is 0. The van der Waals surface area contributed by atoms with E-state index in [0.717, 1.165) is 11.0 Å². The number of aromatic amines is 1. The SMILES string of the molecule is NCCn1cc(-c2nc3ccc(O)cc3[nH]2)nn1. The number of hydrogen-bond acceptors (Lipinski definition) is 5. The molecule has 7 nitrogen and oxygen atoms in total. The van der Waals surface area contributed by atoms with Crippen LogP contribution in [0.1, 0.15) is 0 Å². The quantitative estimate of drug-likeness (QED) is 0.621. The summed E-state index contributed by atoms with van der Waals surface area (Å²) in [7, 11) is 0. The molecular weight excluding hydrogens is 232 g/mol. The summed E-state index contributed by atoms with van der Waals surface area (Å²) in [5, 5.41) is 17.4. The van der Waals surface area contributed by atoms with Crippen LogP contribution in [0.5, 0.6) is 5.75 Å². The molecule has 0 bridgehead atoms. The van der Waals surface area contributed by atoms with E-state index in [2.05, 4.69) is 20.3 Å². The van der Waals surface area contributed by atoms with Gasteiger partial charge in [0, 0.05) is 12.6 Å². The van der Waals surface area contributed by atoms with Crippen molar-refractivity contribution in [2.24, 2.45) is 5.73 Å². The summed E-state index contributed by atoms with van der Waals surface area (Å²) in [6, 6.07) is 4.96. The zero-order chi connectivity index (χ0) is 12.5. The van der Waals surface area contributed by atoms with Crippen molar-refractivity contribution in [3.63, 3.8) is 0 Å². The largest absolute Gasteiger partial charge is 0.508 e. The van der Waals surface area contributed by atoms with Crippen molar-refractivity contribution in [3.05, 3.63) is 24.4 Å². The van der Waals surface area contributed by atoms with Gasteiger partial charge in [0.25, 0.3) is 0 Å². The Bertz CT molecular complexity index is 686. The minimum atomic E-state index is 0.199. The lowest BCUT2D eigenvalue weighted by molar-refractivity contribution is 0.476. The van der Waals surface area contributed by atoms with Crippen molar-refractivity contribution in [2.75, 3.05) is 6.54 Å². The molecule has 7 heteroatoms. The highest BCUT2D eigenvalue weighted by Crippen LogP contribution is 2.21. The molecule has 2 aromatic heterocycles. The number of benzene rings is 1. The van der Waals surface area contributed by atoms with Crippen molar-refractivity contribution in [2.45, 2.75) is 6.54 Å². The molecule has 0 radical (unpaired) electrons. The lowest BCUT2D eigenvalue weighted by atomic mass is 10.3. The summed E-state index contributed by atoms with van der Waals surface area (Å²) in [6.45, 7) is 1.13. The Morgan fingerprint density at radius 3 is 3.11 bits per heavy atom. The van der Waals surface area contributed by atoms with Crippen LogP contribution in [-0.4, -0.2) is 36.6 Å². The van der Waals surface area contributed by atoms with Gasteiger partial charge in [0.05, 0.1) is 23.8 Å². The van der Waals surface area contributed by atoms with Crippen LogP contribution in [0.2, 0.25) is 0 Å². The van der Waals surface area contributed by atoms with E-state index >= 15 is 0 Å². The normalized spacial score (nSPS) is 11.2. The summed E-state index contributed by atoms with van der Waals surface area (Å²) in [5.74, 6) is 0.823. The van der Waals surface area contributed by atoms with Crippen molar-refractivity contribution < 1.29 is 5.11 Å². The number of imidazole rings is 1. The highest BCUT2D eigenvalue weighted by molar-refractivity contribution is 5.79. The Morgan fingerprint density at radius 1 is 1.39 bits per heavy atom. The second-order valence-electron chi connectivity index (χ2n) is 3.94. The fourth-order valence-electron chi connectivity index (χ4n) is 1.77. The van der Waals surface area contributed by atoms with Gasteiger partial charge in [-0.3, -0.25) is 4.68 Å². The molecule has 0 saturated heterocycles. The molecule has 2 heterocycles. The molecule has 0 spiro atoms. The second-order valence-corrected chi connectivity index (χ2v) is 3.94. The van der Waals surface area contributed by atoms with Crippen molar-refractivity contribution in [1.29, 1.82) is 0 Å². The van der Waals surface area contributed by atoms with Gasteiger partial charge in [-0.15, -0.1) is 5.10 Å². The number of nitrogens with zero attached hydrogens (tertiary/aromatic N) is 4. The Kier molecular flexibility index (Phi) is 2.45. The predicted molar refractivity (Wildman–Crippen MR) is 65.8 cm³/mol. The third-order valence-corrected chi connectivity index (χ3v) is 2.60. The number of fused-ring (bicyclic) bond motifs is 1. The summed E-state index contributed by atoms with van der Waals surface area (Å²) in [5.41, 5.74) is 7.64. The van der Waals surface area contributed by atoms with Gasteiger partial charge in [-0.25, -0.2) is 4.98 Å². The maximum absolute atomic E-state index is 9.39. The van der Waals surface area contributed by atoms with Crippen LogP contribution in [-0.2, 0) is 6.54 Å². The first-order valence-corrected chi connectivity index (χ1v) is 5.55. The first kappa shape index (κ1) is 10.7. The highest BCUT2D eigenvalue weighted by atomic mass is 16.3. The van der Waals surface area contributed by atoms with E-state index in [-0.39, 0.29) is 5.75 Å². The van der Waals surface area contributed by atoms with Crippen molar-refractivity contribution in [3.8, 4) is 17.3 Å². The Hall–Kier alpha value is -2.41. The van der Waals surface area contributed by atoms with E-state index in [1.165, 1.54) is 0 Å². The average Bonchev–Trinajstić information content (AvgIpc) is 2.94. The maximum atomic E-state index is 9.39. The van der Waals surface area contributed by atoms with Gasteiger partial charge in [-0.2, -0.15) is 0 Å². The lowest BCUT2D eigenvalue weighted by Crippen LogP contribution is -2.10. The number of aromatic hydroxyl groups is 1. The molecule has 0 aliphatic carbocycles. The Labute approximate surface area is 102 Å². The average molecular weight is 244 g/mol. The highest BCUT2D eigenvalue weighted by Gasteiger charge is 2.09. The summed E-state index contributed by atoms with van der Waals surface area (Å²) in [6.07, 6.45) is 1.78. The molecule has 92 valence electrons. The summed E-state index contributed by atoms with van der Waals surface area (Å²) in [4.78, 5) is 7.47. The number of phenolic OH excluding ortho intramolecular Hbond substituents is 1. The van der Waals surface area contributed by atoms with Gasteiger partial charge in [0.2, 0.25) is 0 Å². The van der Waals surface area contributed by atoms with Crippen LogP contribution in [0, 0.1) is 0 Å². The minimum Gasteiger partial charge on any atom is -0.508 e. The second kappa shape index (κ2) is 4.11. The number of hydrogen-bond donors (Lipinski definition) is 3. The monoisotopic (exact) mass is 244 g/mol. The van der Waals surface area contributed by atoms with E-state index in [0.29, 0.717) is 24.6 Å². The topological polar surface area (TPSA) is 106 Å². The first-order valence-electron chi connectivity index (χ1n) is 5.55. The zero-order valence-electron chi connectivity index (χ0n) is 9.54. The van der Waals surface area contributed by atoms with E-state index in [1.54, 1.807) is 29.1 Å². The van der Waals surface area contributed by atoms with Crippen molar-refractivity contribution >= 4 is 11.0 Å². The number of H-pyrrole nitrogens is 1. The molecule has 18 heavy (non-hydrogen) atoms. The lowest BCUT2D eigenvalue weighted by Gasteiger charge is -1.92. The van der Waals surface area contributed by atoms with E-state index in [9.17, 15) is 5.11 Å². The van der Waals surface area contributed by atoms with Crippen LogP contribution < -0.4 is 5.73 Å². The smallest absolute Gasteiger partial charge is 0.160 e. The molecule has 0 fully saturated rings. The fourth-order valence-corrected chi connectivity index (χ4v) is 1.77. The molecule has 1 aromatic carbocycles.